The van der Waals surface area contributed by atoms with Crippen LogP contribution in [0.3, 0.4) is 0 Å². The normalized spacial score (nSPS) is 8.75. The van der Waals surface area contributed by atoms with E-state index >= 15 is 0 Å². The van der Waals surface area contributed by atoms with E-state index in [1.165, 1.54) is 6.92 Å². The zero-order valence-corrected chi connectivity index (χ0v) is 6.83. The van der Waals surface area contributed by atoms with E-state index < -0.39 is 11.9 Å². The summed E-state index contributed by atoms with van der Waals surface area (Å²) in [5.74, 6) is -1.44. The quantitative estimate of drug-likeness (QED) is 0.268. The van der Waals surface area contributed by atoms with E-state index in [2.05, 4.69) is 11.3 Å². The average molecular weight is 170 g/mol. The average Bonchev–Trinajstić information content (AvgIpc) is 2.00. The first-order chi connectivity index (χ1) is 5.57. The molecule has 0 N–H and O–H groups in total. The topological polar surface area (TPSA) is 60.4 Å². The maximum atomic E-state index is 10.7. The molecule has 12 heavy (non-hydrogen) atoms. The summed E-state index contributed by atoms with van der Waals surface area (Å²) in [4.78, 5) is 31.2. The smallest absolute Gasteiger partial charge is 0.340 e. The Morgan fingerprint density at radius 3 is 2.50 bits per heavy atom. The first-order valence-electron chi connectivity index (χ1n) is 3.42. The van der Waals surface area contributed by atoms with Gasteiger partial charge in [-0.2, -0.15) is 0 Å². The van der Waals surface area contributed by atoms with Gasteiger partial charge in [-0.15, -0.1) is 0 Å². The Morgan fingerprint density at radius 2 is 2.08 bits per heavy atom. The fourth-order valence-corrected chi connectivity index (χ4v) is 0.418. The number of aldehydes is 1. The van der Waals surface area contributed by atoms with Gasteiger partial charge in [0.1, 0.15) is 6.29 Å². The van der Waals surface area contributed by atoms with Gasteiger partial charge in [0.25, 0.3) is 0 Å². The van der Waals surface area contributed by atoms with Crippen LogP contribution < -0.4 is 0 Å². The van der Waals surface area contributed by atoms with Crippen molar-refractivity contribution in [2.45, 2.75) is 19.8 Å². The minimum absolute atomic E-state index is 0.0669. The Bertz CT molecular complexity index is 217. The monoisotopic (exact) mass is 170 g/mol. The summed E-state index contributed by atoms with van der Waals surface area (Å²) < 4.78 is 4.28. The lowest BCUT2D eigenvalue weighted by Gasteiger charge is -1.99. The van der Waals surface area contributed by atoms with Gasteiger partial charge in [-0.05, 0) is 6.92 Å². The fourth-order valence-electron chi connectivity index (χ4n) is 0.418. The lowest BCUT2D eigenvalue weighted by Crippen LogP contribution is -2.12. The summed E-state index contributed by atoms with van der Waals surface area (Å²) in [5.41, 5.74) is 0.162. The van der Waals surface area contributed by atoms with Gasteiger partial charge in [-0.1, -0.05) is 6.58 Å². The van der Waals surface area contributed by atoms with E-state index in [4.69, 9.17) is 0 Å². The largest absolute Gasteiger partial charge is 0.390 e. The van der Waals surface area contributed by atoms with Crippen LogP contribution in [0.25, 0.3) is 0 Å². The molecule has 0 spiro atoms. The number of esters is 2. The van der Waals surface area contributed by atoms with Crippen LogP contribution in [0.15, 0.2) is 12.2 Å². The molecular formula is C8H10O4. The van der Waals surface area contributed by atoms with Crippen molar-refractivity contribution in [2.24, 2.45) is 0 Å². The van der Waals surface area contributed by atoms with E-state index in [-0.39, 0.29) is 18.4 Å². The zero-order chi connectivity index (χ0) is 9.56. The molecule has 0 aliphatic heterocycles. The molecule has 0 aliphatic carbocycles. The van der Waals surface area contributed by atoms with Gasteiger partial charge < -0.3 is 9.53 Å². The van der Waals surface area contributed by atoms with Crippen molar-refractivity contribution in [2.75, 3.05) is 0 Å². The van der Waals surface area contributed by atoms with Crippen molar-refractivity contribution in [3.8, 4) is 0 Å². The number of hydrogen-bond donors (Lipinski definition) is 0. The van der Waals surface area contributed by atoms with Gasteiger partial charge in [0, 0.05) is 12.0 Å². The molecular weight excluding hydrogens is 160 g/mol. The third-order valence-electron chi connectivity index (χ3n) is 1.02. The molecule has 0 atom stereocenters. The second-order valence-corrected chi connectivity index (χ2v) is 2.25. The number of rotatable bonds is 4. The molecule has 0 saturated heterocycles. The van der Waals surface area contributed by atoms with Crippen molar-refractivity contribution >= 4 is 18.2 Å². The molecule has 0 fully saturated rings. The van der Waals surface area contributed by atoms with E-state index in [1.807, 2.05) is 0 Å². The summed E-state index contributed by atoms with van der Waals surface area (Å²) in [6.45, 7) is 4.73. The van der Waals surface area contributed by atoms with Crippen molar-refractivity contribution in [1.82, 2.24) is 0 Å². The second kappa shape index (κ2) is 5.23. The number of carbonyl (C=O) groups excluding carboxylic acids is 3. The molecule has 0 saturated carbocycles. The summed E-state index contributed by atoms with van der Waals surface area (Å²) in [5, 5.41) is 0. The molecule has 0 heterocycles. The molecule has 0 rings (SSSR count). The van der Waals surface area contributed by atoms with E-state index in [1.54, 1.807) is 0 Å². The number of ether oxygens (including phenoxy) is 1. The Morgan fingerprint density at radius 1 is 1.50 bits per heavy atom. The van der Waals surface area contributed by atoms with Crippen LogP contribution in [0.4, 0.5) is 0 Å². The van der Waals surface area contributed by atoms with Crippen molar-refractivity contribution in [1.29, 1.82) is 0 Å². The molecule has 0 aromatic heterocycles. The van der Waals surface area contributed by atoms with Crippen LogP contribution in [-0.2, 0) is 19.1 Å². The van der Waals surface area contributed by atoms with Gasteiger partial charge in [0.05, 0.1) is 6.42 Å². The lowest BCUT2D eigenvalue weighted by atomic mass is 10.3. The second-order valence-electron chi connectivity index (χ2n) is 2.25. The third kappa shape index (κ3) is 4.38. The predicted molar refractivity (Wildman–Crippen MR) is 41.2 cm³/mol. The molecule has 4 nitrogen and oxygen atoms in total. The summed E-state index contributed by atoms with van der Waals surface area (Å²) in [6, 6.07) is 0. The minimum Gasteiger partial charge on any atom is -0.390 e. The van der Waals surface area contributed by atoms with Crippen LogP contribution in [0.2, 0.25) is 0 Å². The van der Waals surface area contributed by atoms with Crippen molar-refractivity contribution < 1.29 is 19.1 Å². The van der Waals surface area contributed by atoms with Gasteiger partial charge >= 0.3 is 11.9 Å². The number of carbonyl (C=O) groups is 3. The molecule has 0 unspecified atom stereocenters. The van der Waals surface area contributed by atoms with Gasteiger partial charge in [-0.25, -0.2) is 4.79 Å². The summed E-state index contributed by atoms with van der Waals surface area (Å²) in [7, 11) is 0. The SMILES string of the molecule is C=C(C)C(=O)OC(=O)CCC=O. The summed E-state index contributed by atoms with van der Waals surface area (Å²) >= 11 is 0. The highest BCUT2D eigenvalue weighted by atomic mass is 16.6. The van der Waals surface area contributed by atoms with Crippen LogP contribution in [0, 0.1) is 0 Å². The highest BCUT2D eigenvalue weighted by Crippen LogP contribution is 1.96. The summed E-state index contributed by atoms with van der Waals surface area (Å²) in [6.07, 6.45) is 0.595. The zero-order valence-electron chi connectivity index (χ0n) is 6.83. The Balaban J connectivity index is 3.76. The fraction of sp³-hybridized carbons (Fsp3) is 0.375. The van der Waals surface area contributed by atoms with Gasteiger partial charge in [0.2, 0.25) is 0 Å². The Labute approximate surface area is 70.2 Å². The number of hydrogen-bond acceptors (Lipinski definition) is 4. The van der Waals surface area contributed by atoms with Crippen LogP contribution in [-0.4, -0.2) is 18.2 Å². The van der Waals surface area contributed by atoms with Crippen LogP contribution in [0.1, 0.15) is 19.8 Å². The van der Waals surface area contributed by atoms with E-state index in [0.717, 1.165) is 0 Å². The molecule has 0 amide bonds. The first-order valence-corrected chi connectivity index (χ1v) is 3.42. The Kier molecular flexibility index (Phi) is 4.60. The Hall–Kier alpha value is -1.45. The molecule has 0 aromatic rings. The highest BCUT2D eigenvalue weighted by molar-refractivity contribution is 5.95. The molecule has 0 aliphatic rings. The maximum Gasteiger partial charge on any atom is 0.340 e. The van der Waals surface area contributed by atoms with Gasteiger partial charge in [-0.3, -0.25) is 4.79 Å². The van der Waals surface area contributed by atoms with Crippen LogP contribution >= 0.6 is 0 Å². The van der Waals surface area contributed by atoms with Crippen molar-refractivity contribution in [3.63, 3.8) is 0 Å². The van der Waals surface area contributed by atoms with E-state index in [9.17, 15) is 14.4 Å². The van der Waals surface area contributed by atoms with E-state index in [0.29, 0.717) is 6.29 Å². The first kappa shape index (κ1) is 10.6. The molecule has 66 valence electrons. The predicted octanol–water partition coefficient (Wildman–Crippen LogP) is 0.611. The van der Waals surface area contributed by atoms with Crippen LogP contribution in [0.5, 0.6) is 0 Å². The molecule has 0 bridgehead atoms. The maximum absolute atomic E-state index is 10.7. The lowest BCUT2D eigenvalue weighted by molar-refractivity contribution is -0.157. The molecule has 0 aromatic carbocycles. The highest BCUT2D eigenvalue weighted by Gasteiger charge is 2.09. The molecule has 4 heteroatoms. The third-order valence-corrected chi connectivity index (χ3v) is 1.02. The van der Waals surface area contributed by atoms with Crippen molar-refractivity contribution in [3.05, 3.63) is 12.2 Å². The standard InChI is InChI=1S/C8H10O4/c1-6(2)8(11)12-7(10)4-3-5-9/h5H,1,3-4H2,2H3. The van der Waals surface area contributed by atoms with Gasteiger partial charge in [0.15, 0.2) is 0 Å². The minimum atomic E-state index is -0.745. The molecule has 0 radical (unpaired) electrons.